The quantitative estimate of drug-likeness (QED) is 0.180. The molecule has 0 saturated heterocycles. The molecule has 4 heteroatoms. The Balaban J connectivity index is 1.23. The summed E-state index contributed by atoms with van der Waals surface area (Å²) in [6, 6.07) is 69.0. The highest BCUT2D eigenvalue weighted by Gasteiger charge is 2.21. The molecule has 0 spiro atoms. The van der Waals surface area contributed by atoms with Crippen molar-refractivity contribution in [2.45, 2.75) is 0 Å². The molecule has 0 amide bonds. The Morgan fingerprint density at radius 3 is 1.46 bits per heavy atom. The maximum atomic E-state index is 5.31. The van der Waals surface area contributed by atoms with Crippen molar-refractivity contribution in [3.05, 3.63) is 194 Å². The Bertz CT molecular complexity index is 3200. The van der Waals surface area contributed by atoms with Gasteiger partial charge in [0.1, 0.15) is 0 Å². The van der Waals surface area contributed by atoms with Gasteiger partial charge in [-0.1, -0.05) is 133 Å². The summed E-state index contributed by atoms with van der Waals surface area (Å²) in [5, 5.41) is 5.99. The Morgan fingerprint density at radius 2 is 0.815 bits per heavy atom. The number of aromatic nitrogens is 4. The number of para-hydroxylation sites is 4. The van der Waals surface area contributed by atoms with Crippen molar-refractivity contribution < 1.29 is 0 Å². The summed E-state index contributed by atoms with van der Waals surface area (Å²) in [6.45, 7) is 0. The van der Waals surface area contributed by atoms with Gasteiger partial charge in [0.05, 0.1) is 33.3 Å². The fraction of sp³-hybridized carbons (Fsp3) is 0. The molecule has 0 bridgehead atoms. The van der Waals surface area contributed by atoms with E-state index in [0.717, 1.165) is 61.3 Å². The molecule has 0 saturated carbocycles. The van der Waals surface area contributed by atoms with E-state index in [0.29, 0.717) is 5.82 Å². The maximum absolute atomic E-state index is 5.31. The minimum absolute atomic E-state index is 0.695. The first kappa shape index (κ1) is 30.3. The third-order valence-corrected chi connectivity index (χ3v) is 10.7. The summed E-state index contributed by atoms with van der Waals surface area (Å²) in [5.74, 6) is 0.695. The molecule has 3 aromatic heterocycles. The van der Waals surface area contributed by atoms with E-state index < -0.39 is 0 Å². The zero-order valence-corrected chi connectivity index (χ0v) is 29.3. The van der Waals surface area contributed by atoms with Gasteiger partial charge in [-0.2, -0.15) is 0 Å². The van der Waals surface area contributed by atoms with E-state index >= 15 is 0 Å². The molecule has 54 heavy (non-hydrogen) atoms. The predicted octanol–water partition coefficient (Wildman–Crippen LogP) is 12.8. The molecule has 252 valence electrons. The smallest absolute Gasteiger partial charge is 0.160 e. The van der Waals surface area contributed by atoms with Crippen LogP contribution in [0.15, 0.2) is 194 Å². The zero-order valence-electron chi connectivity index (χ0n) is 29.3. The van der Waals surface area contributed by atoms with Gasteiger partial charge < -0.3 is 9.13 Å². The highest BCUT2D eigenvalue weighted by Crippen LogP contribution is 2.43. The summed E-state index contributed by atoms with van der Waals surface area (Å²) in [6.07, 6.45) is 0. The normalized spacial score (nSPS) is 11.7. The molecule has 8 aromatic carbocycles. The Hall–Kier alpha value is -7.30. The van der Waals surface area contributed by atoms with E-state index in [1.807, 2.05) is 12.1 Å². The predicted molar refractivity (Wildman–Crippen MR) is 225 cm³/mol. The van der Waals surface area contributed by atoms with Crippen molar-refractivity contribution in [3.63, 3.8) is 0 Å². The van der Waals surface area contributed by atoms with Crippen molar-refractivity contribution in [3.8, 4) is 45.1 Å². The molecule has 0 N–H and O–H groups in total. The van der Waals surface area contributed by atoms with Crippen LogP contribution in [0, 0.1) is 0 Å². The van der Waals surface area contributed by atoms with Crippen LogP contribution in [-0.2, 0) is 0 Å². The highest BCUT2D eigenvalue weighted by atomic mass is 15.0. The van der Waals surface area contributed by atoms with Gasteiger partial charge in [-0.3, -0.25) is 0 Å². The van der Waals surface area contributed by atoms with Crippen molar-refractivity contribution >= 4 is 54.5 Å². The van der Waals surface area contributed by atoms with Gasteiger partial charge in [0.15, 0.2) is 5.82 Å². The van der Waals surface area contributed by atoms with Crippen molar-refractivity contribution in [1.29, 1.82) is 0 Å². The highest BCUT2D eigenvalue weighted by molar-refractivity contribution is 6.29. The number of hydrogen-bond acceptors (Lipinski definition) is 2. The summed E-state index contributed by atoms with van der Waals surface area (Å²) >= 11 is 0. The summed E-state index contributed by atoms with van der Waals surface area (Å²) in [7, 11) is 0. The lowest BCUT2D eigenvalue weighted by Gasteiger charge is -2.15. The van der Waals surface area contributed by atoms with Crippen LogP contribution in [0.1, 0.15) is 0 Å². The number of nitrogens with zero attached hydrogens (tertiary/aromatic N) is 4. The first-order chi connectivity index (χ1) is 26.8. The molecule has 0 radical (unpaired) electrons. The second-order valence-electron chi connectivity index (χ2n) is 13.8. The Labute approximate surface area is 311 Å². The molecule has 0 aliphatic rings. The molecule has 0 fully saturated rings. The average Bonchev–Trinajstić information content (AvgIpc) is 3.77. The summed E-state index contributed by atoms with van der Waals surface area (Å²) in [4.78, 5) is 10.5. The second-order valence-corrected chi connectivity index (χ2v) is 13.8. The minimum atomic E-state index is 0.695. The van der Waals surface area contributed by atoms with Crippen LogP contribution in [0.4, 0.5) is 0 Å². The first-order valence-electron chi connectivity index (χ1n) is 18.3. The van der Waals surface area contributed by atoms with Crippen LogP contribution in [0.25, 0.3) is 99.7 Å². The standard InChI is InChI=1S/C50H32N4/c1-4-16-33(17-5-1)35-30-36(50-51-42-25-13-10-22-39(42)49(52-50)34-18-6-2-7-19-34)32-38(31-35)54-44-27-15-12-24-41(44)48-46(54)29-28-45-47(48)40-23-11-14-26-43(40)53(45)37-20-8-3-9-21-37/h1-32H. The molecule has 0 atom stereocenters. The third-order valence-electron chi connectivity index (χ3n) is 10.7. The van der Waals surface area contributed by atoms with Gasteiger partial charge in [-0.05, 0) is 71.8 Å². The summed E-state index contributed by atoms with van der Waals surface area (Å²) < 4.78 is 4.82. The molecule has 0 unspecified atom stereocenters. The van der Waals surface area contributed by atoms with E-state index in [2.05, 4.69) is 191 Å². The fourth-order valence-corrected chi connectivity index (χ4v) is 8.34. The lowest BCUT2D eigenvalue weighted by molar-refractivity contribution is 1.17. The van der Waals surface area contributed by atoms with Crippen molar-refractivity contribution in [1.82, 2.24) is 19.1 Å². The van der Waals surface area contributed by atoms with Crippen LogP contribution < -0.4 is 0 Å². The topological polar surface area (TPSA) is 35.6 Å². The number of rotatable bonds is 5. The SMILES string of the molecule is c1ccc(-c2cc(-c3nc(-c4ccccc4)c4ccccc4n3)cc(-n3c4ccccc4c4c5c6ccccc6n(-c6ccccc6)c5ccc43)c2)cc1. The monoisotopic (exact) mass is 688 g/mol. The second kappa shape index (κ2) is 12.1. The van der Waals surface area contributed by atoms with Gasteiger partial charge in [-0.15, -0.1) is 0 Å². The molecule has 4 nitrogen and oxygen atoms in total. The molecule has 11 rings (SSSR count). The van der Waals surface area contributed by atoms with E-state index in [-0.39, 0.29) is 0 Å². The lowest BCUT2D eigenvalue weighted by Crippen LogP contribution is -1.99. The Morgan fingerprint density at radius 1 is 0.315 bits per heavy atom. The van der Waals surface area contributed by atoms with Crippen molar-refractivity contribution in [2.24, 2.45) is 0 Å². The van der Waals surface area contributed by atoms with Crippen molar-refractivity contribution in [2.75, 3.05) is 0 Å². The minimum Gasteiger partial charge on any atom is -0.309 e. The number of hydrogen-bond donors (Lipinski definition) is 0. The molecular formula is C50H32N4. The largest absolute Gasteiger partial charge is 0.309 e. The molecule has 0 aliphatic heterocycles. The fourth-order valence-electron chi connectivity index (χ4n) is 8.34. The van der Waals surface area contributed by atoms with Crippen LogP contribution in [0.3, 0.4) is 0 Å². The summed E-state index contributed by atoms with van der Waals surface area (Å²) in [5.41, 5.74) is 13.0. The molecule has 3 heterocycles. The molecule has 11 aromatic rings. The molecule has 0 aliphatic carbocycles. The molecular weight excluding hydrogens is 657 g/mol. The van der Waals surface area contributed by atoms with Gasteiger partial charge in [0.2, 0.25) is 0 Å². The van der Waals surface area contributed by atoms with Crippen LogP contribution in [0.2, 0.25) is 0 Å². The third kappa shape index (κ3) is 4.70. The van der Waals surface area contributed by atoms with Gasteiger partial charge in [-0.25, -0.2) is 9.97 Å². The average molecular weight is 689 g/mol. The maximum Gasteiger partial charge on any atom is 0.160 e. The van der Waals surface area contributed by atoms with Crippen LogP contribution in [0.5, 0.6) is 0 Å². The lowest BCUT2D eigenvalue weighted by atomic mass is 10.0. The van der Waals surface area contributed by atoms with Crippen LogP contribution in [-0.4, -0.2) is 19.1 Å². The zero-order chi connectivity index (χ0) is 35.6. The van der Waals surface area contributed by atoms with E-state index in [1.165, 1.54) is 32.6 Å². The first-order valence-corrected chi connectivity index (χ1v) is 18.3. The van der Waals surface area contributed by atoms with E-state index in [4.69, 9.17) is 9.97 Å². The van der Waals surface area contributed by atoms with Gasteiger partial charge >= 0.3 is 0 Å². The van der Waals surface area contributed by atoms with Crippen LogP contribution >= 0.6 is 0 Å². The Kier molecular flexibility index (Phi) is 6.82. The number of benzene rings is 8. The number of fused-ring (bicyclic) bond motifs is 8. The van der Waals surface area contributed by atoms with E-state index in [9.17, 15) is 0 Å². The van der Waals surface area contributed by atoms with Gasteiger partial charge in [0, 0.05) is 49.4 Å². The van der Waals surface area contributed by atoms with E-state index in [1.54, 1.807) is 0 Å². The van der Waals surface area contributed by atoms with Gasteiger partial charge in [0.25, 0.3) is 0 Å².